The van der Waals surface area contributed by atoms with Gasteiger partial charge in [-0.25, -0.2) is 9.37 Å². The minimum Gasteiger partial charge on any atom is -0.488 e. The number of thioether (sulfide) groups is 1. The Morgan fingerprint density at radius 3 is 2.85 bits per heavy atom. The van der Waals surface area contributed by atoms with Gasteiger partial charge in [-0.1, -0.05) is 11.8 Å². The highest BCUT2D eigenvalue weighted by Gasteiger charge is 2.23. The quantitative estimate of drug-likeness (QED) is 0.555. The van der Waals surface area contributed by atoms with Crippen molar-refractivity contribution in [2.75, 3.05) is 17.7 Å². The van der Waals surface area contributed by atoms with Crippen molar-refractivity contribution < 1.29 is 13.9 Å². The first kappa shape index (κ1) is 22.8. The minimum absolute atomic E-state index is 0.00631. The Morgan fingerprint density at radius 2 is 2.03 bits per heavy atom. The number of ether oxygens (including phenoxy) is 1. The number of nitrogens with zero attached hydrogens (tertiary/aromatic N) is 3. The molecule has 1 amide bonds. The third-order valence-corrected chi connectivity index (χ3v) is 7.47. The number of halogens is 1. The molecule has 1 fully saturated rings. The number of anilines is 1. The topological polar surface area (TPSA) is 98.1 Å². The molecule has 0 spiro atoms. The van der Waals surface area contributed by atoms with Crippen LogP contribution in [0.5, 0.6) is 5.75 Å². The average Bonchev–Trinajstić information content (AvgIpc) is 2.85. The van der Waals surface area contributed by atoms with Gasteiger partial charge in [0.25, 0.3) is 5.56 Å². The summed E-state index contributed by atoms with van der Waals surface area (Å²) in [7, 11) is 1.60. The maximum absolute atomic E-state index is 14.5. The largest absolute Gasteiger partial charge is 0.488 e. The molecule has 178 valence electrons. The molecular formula is C24H26FN5O3S. The third-order valence-electron chi connectivity index (χ3n) is 6.47. The van der Waals surface area contributed by atoms with Gasteiger partial charge in [0, 0.05) is 31.9 Å². The van der Waals surface area contributed by atoms with Crippen LogP contribution < -0.4 is 20.9 Å². The van der Waals surface area contributed by atoms with Gasteiger partial charge in [0.05, 0.1) is 29.8 Å². The van der Waals surface area contributed by atoms with Crippen molar-refractivity contribution in [3.05, 3.63) is 52.3 Å². The van der Waals surface area contributed by atoms with Gasteiger partial charge in [-0.15, -0.1) is 0 Å². The molecule has 34 heavy (non-hydrogen) atoms. The van der Waals surface area contributed by atoms with Crippen LogP contribution in [0.1, 0.15) is 31.2 Å². The zero-order valence-electron chi connectivity index (χ0n) is 18.8. The number of hydrogen-bond acceptors (Lipinski definition) is 7. The maximum atomic E-state index is 14.5. The molecule has 10 heteroatoms. The zero-order valence-corrected chi connectivity index (χ0v) is 19.7. The van der Waals surface area contributed by atoms with Gasteiger partial charge >= 0.3 is 0 Å². The molecule has 0 atom stereocenters. The van der Waals surface area contributed by atoms with Crippen LogP contribution in [0.2, 0.25) is 0 Å². The van der Waals surface area contributed by atoms with Crippen molar-refractivity contribution in [2.24, 2.45) is 13.0 Å². The highest BCUT2D eigenvalue weighted by atomic mass is 32.2. The Hall–Kier alpha value is -2.98. The molecule has 0 radical (unpaired) electrons. The fourth-order valence-corrected chi connectivity index (χ4v) is 5.28. The monoisotopic (exact) mass is 483 g/mol. The summed E-state index contributed by atoms with van der Waals surface area (Å²) in [6.07, 6.45) is 6.93. The molecule has 0 bridgehead atoms. The van der Waals surface area contributed by atoms with Crippen molar-refractivity contribution in [1.82, 2.24) is 19.9 Å². The zero-order chi connectivity index (χ0) is 23.7. The first-order valence-electron chi connectivity index (χ1n) is 11.4. The van der Waals surface area contributed by atoms with Gasteiger partial charge in [-0.2, -0.15) is 0 Å². The average molecular weight is 484 g/mol. The standard InChI is InChI=1S/C24H26FN5O3S/c1-30-21(32)7-6-18-22(30)23(17(25)11-27-18)33-12-14-2-4-16(5-3-14)26-9-15-8-19-24(28-10-15)34-13-20(31)29-19/h6-8,10-11,14,16,26H,2-5,9,12-13H2,1H3,(H,29,31)/t14-,16-. The number of nitrogens with one attached hydrogen (secondary N) is 2. The van der Waals surface area contributed by atoms with E-state index in [0.29, 0.717) is 41.9 Å². The summed E-state index contributed by atoms with van der Waals surface area (Å²) in [5, 5.41) is 7.33. The fourth-order valence-electron chi connectivity index (χ4n) is 4.54. The molecule has 4 heterocycles. The summed E-state index contributed by atoms with van der Waals surface area (Å²) < 4.78 is 21.8. The fraction of sp³-hybridized carbons (Fsp3) is 0.417. The van der Waals surface area contributed by atoms with E-state index in [9.17, 15) is 14.0 Å². The van der Waals surface area contributed by atoms with E-state index in [1.807, 2.05) is 12.3 Å². The lowest BCUT2D eigenvalue weighted by molar-refractivity contribution is -0.113. The molecule has 0 saturated heterocycles. The first-order chi connectivity index (χ1) is 16.5. The summed E-state index contributed by atoms with van der Waals surface area (Å²) >= 11 is 1.46. The molecule has 0 aromatic carbocycles. The van der Waals surface area contributed by atoms with Crippen molar-refractivity contribution in [3.8, 4) is 5.75 Å². The van der Waals surface area contributed by atoms with Gasteiger partial charge in [0.15, 0.2) is 11.6 Å². The van der Waals surface area contributed by atoms with E-state index in [2.05, 4.69) is 20.6 Å². The molecule has 8 nitrogen and oxygen atoms in total. The molecule has 2 aliphatic rings. The summed E-state index contributed by atoms with van der Waals surface area (Å²) in [4.78, 5) is 32.2. The predicted octanol–water partition coefficient (Wildman–Crippen LogP) is 3.24. The third kappa shape index (κ3) is 4.78. The number of carbonyl (C=O) groups excluding carboxylic acids is 1. The van der Waals surface area contributed by atoms with E-state index in [4.69, 9.17) is 4.74 Å². The molecule has 3 aromatic rings. The summed E-state index contributed by atoms with van der Waals surface area (Å²) in [6, 6.07) is 5.38. The molecule has 1 saturated carbocycles. The molecular weight excluding hydrogens is 457 g/mol. The highest BCUT2D eigenvalue weighted by molar-refractivity contribution is 8.00. The van der Waals surface area contributed by atoms with E-state index in [0.717, 1.165) is 48.2 Å². The lowest BCUT2D eigenvalue weighted by Gasteiger charge is -2.29. The molecule has 1 aliphatic heterocycles. The highest BCUT2D eigenvalue weighted by Crippen LogP contribution is 2.31. The molecule has 1 aliphatic carbocycles. The lowest BCUT2D eigenvalue weighted by Crippen LogP contribution is -2.34. The van der Waals surface area contributed by atoms with Crippen molar-refractivity contribution in [2.45, 2.75) is 43.3 Å². The van der Waals surface area contributed by atoms with E-state index < -0.39 is 5.82 Å². The van der Waals surface area contributed by atoms with Gasteiger partial charge in [-0.05, 0) is 49.3 Å². The Labute approximate surface area is 200 Å². The van der Waals surface area contributed by atoms with Gasteiger partial charge < -0.3 is 19.9 Å². The number of aryl methyl sites for hydroxylation is 1. The van der Waals surface area contributed by atoms with Gasteiger partial charge in [-0.3, -0.25) is 14.6 Å². The molecule has 0 unspecified atom stereocenters. The molecule has 2 N–H and O–H groups in total. The van der Waals surface area contributed by atoms with E-state index in [1.165, 1.54) is 22.4 Å². The van der Waals surface area contributed by atoms with E-state index in [-0.39, 0.29) is 17.2 Å². The molecule has 3 aromatic heterocycles. The van der Waals surface area contributed by atoms with Crippen molar-refractivity contribution in [1.29, 1.82) is 0 Å². The number of fused-ring (bicyclic) bond motifs is 2. The van der Waals surface area contributed by atoms with Crippen LogP contribution in [0.3, 0.4) is 0 Å². The predicted molar refractivity (Wildman–Crippen MR) is 129 cm³/mol. The Morgan fingerprint density at radius 1 is 1.21 bits per heavy atom. The number of amides is 1. The number of aromatic nitrogens is 3. The van der Waals surface area contributed by atoms with Gasteiger partial charge in [0.1, 0.15) is 10.5 Å². The Balaban J connectivity index is 1.15. The second kappa shape index (κ2) is 9.71. The van der Waals surface area contributed by atoms with Crippen LogP contribution in [-0.2, 0) is 18.4 Å². The Kier molecular flexibility index (Phi) is 6.51. The molecule has 5 rings (SSSR count). The number of hydrogen-bond donors (Lipinski definition) is 2. The van der Waals surface area contributed by atoms with Crippen LogP contribution in [0.25, 0.3) is 11.0 Å². The van der Waals surface area contributed by atoms with Crippen molar-refractivity contribution >= 4 is 34.4 Å². The number of carbonyl (C=O) groups is 1. The van der Waals surface area contributed by atoms with Crippen LogP contribution in [0, 0.1) is 11.7 Å². The van der Waals surface area contributed by atoms with Crippen LogP contribution in [0.4, 0.5) is 10.1 Å². The summed E-state index contributed by atoms with van der Waals surface area (Å²) in [5.74, 6) is 0.269. The summed E-state index contributed by atoms with van der Waals surface area (Å²) in [5.41, 5.74) is 2.51. The SMILES string of the molecule is Cn1c(=O)ccc2ncc(F)c(OC[C@H]3CC[C@H](NCc4cnc5c(c4)NC(=O)CS5)CC3)c21. The van der Waals surface area contributed by atoms with Crippen LogP contribution in [-0.4, -0.2) is 38.8 Å². The Bertz CT molecular complexity index is 1290. The van der Waals surface area contributed by atoms with E-state index in [1.54, 1.807) is 13.1 Å². The number of rotatable bonds is 6. The maximum Gasteiger partial charge on any atom is 0.250 e. The van der Waals surface area contributed by atoms with Gasteiger partial charge in [0.2, 0.25) is 5.91 Å². The smallest absolute Gasteiger partial charge is 0.250 e. The lowest BCUT2D eigenvalue weighted by atomic mass is 9.86. The first-order valence-corrected chi connectivity index (χ1v) is 12.4. The minimum atomic E-state index is -0.558. The van der Waals surface area contributed by atoms with Crippen LogP contribution >= 0.6 is 11.8 Å². The second-order valence-corrected chi connectivity index (χ2v) is 9.81. The van der Waals surface area contributed by atoms with Crippen LogP contribution in [0.15, 0.2) is 40.4 Å². The number of pyridine rings is 3. The normalized spacial score (nSPS) is 20.1. The second-order valence-electron chi connectivity index (χ2n) is 8.84. The summed E-state index contributed by atoms with van der Waals surface area (Å²) in [6.45, 7) is 1.09. The van der Waals surface area contributed by atoms with E-state index >= 15 is 0 Å². The van der Waals surface area contributed by atoms with Crippen molar-refractivity contribution in [3.63, 3.8) is 0 Å².